The summed E-state index contributed by atoms with van der Waals surface area (Å²) in [4.78, 5) is 4.50. The quantitative estimate of drug-likeness (QED) is 0.542. The van der Waals surface area contributed by atoms with Gasteiger partial charge in [0.2, 0.25) is 0 Å². The van der Waals surface area contributed by atoms with Crippen molar-refractivity contribution in [3.05, 3.63) is 43.3 Å². The zero-order chi connectivity index (χ0) is 15.2. The number of rotatable bonds is 7. The summed E-state index contributed by atoms with van der Waals surface area (Å²) in [6, 6.07) is 3.18. The minimum Gasteiger partial charge on any atom is -0.486 e. The molecule has 0 atom stereocenters. The minimum atomic E-state index is 0.349. The van der Waals surface area contributed by atoms with Gasteiger partial charge in [0.05, 0.1) is 20.8 Å². The van der Waals surface area contributed by atoms with Crippen LogP contribution in [0.4, 0.5) is 0 Å². The minimum absolute atomic E-state index is 0.349. The molecular formula is C14H15Cl3N2OS. The first kappa shape index (κ1) is 16.8. The average Bonchev–Trinajstić information content (AvgIpc) is 2.90. The Balaban J connectivity index is 1.92. The molecule has 0 aliphatic heterocycles. The Morgan fingerprint density at radius 1 is 1.19 bits per heavy atom. The van der Waals surface area contributed by atoms with Gasteiger partial charge in [0.25, 0.3) is 0 Å². The molecule has 0 saturated carbocycles. The molecule has 0 amide bonds. The molecule has 0 fully saturated rings. The van der Waals surface area contributed by atoms with Crippen LogP contribution in [0.1, 0.15) is 24.0 Å². The highest BCUT2D eigenvalue weighted by Gasteiger charge is 2.08. The van der Waals surface area contributed by atoms with Crippen molar-refractivity contribution in [3.63, 3.8) is 0 Å². The first-order valence-corrected chi connectivity index (χ1v) is 8.53. The van der Waals surface area contributed by atoms with Crippen LogP contribution >= 0.6 is 46.1 Å². The molecule has 1 aromatic heterocycles. The molecule has 2 rings (SSSR count). The second-order valence-electron chi connectivity index (χ2n) is 4.39. The predicted octanol–water partition coefficient (Wildman–Crippen LogP) is 5.18. The Morgan fingerprint density at radius 2 is 1.95 bits per heavy atom. The van der Waals surface area contributed by atoms with E-state index in [1.807, 2.05) is 5.38 Å². The smallest absolute Gasteiger partial charge is 0.140 e. The van der Waals surface area contributed by atoms with Crippen LogP contribution in [0.5, 0.6) is 5.75 Å². The van der Waals surface area contributed by atoms with Crippen molar-refractivity contribution < 1.29 is 4.74 Å². The average molecular weight is 366 g/mol. The van der Waals surface area contributed by atoms with Crippen molar-refractivity contribution in [2.75, 3.05) is 6.54 Å². The zero-order valence-electron chi connectivity index (χ0n) is 11.5. The number of halogens is 3. The third kappa shape index (κ3) is 5.01. The number of thiazole rings is 1. The summed E-state index contributed by atoms with van der Waals surface area (Å²) in [6.07, 6.45) is 1.11. The fraction of sp³-hybridized carbons (Fsp3) is 0.357. The molecule has 1 heterocycles. The number of hydrogen-bond acceptors (Lipinski definition) is 4. The second-order valence-corrected chi connectivity index (χ2v) is 6.56. The number of nitrogens with zero attached hydrogens (tertiary/aromatic N) is 1. The van der Waals surface area contributed by atoms with Crippen LogP contribution < -0.4 is 10.1 Å². The summed E-state index contributed by atoms with van der Waals surface area (Å²) in [5, 5.41) is 7.60. The maximum Gasteiger partial charge on any atom is 0.140 e. The van der Waals surface area contributed by atoms with E-state index < -0.39 is 0 Å². The van der Waals surface area contributed by atoms with Crippen LogP contribution in [-0.2, 0) is 13.2 Å². The zero-order valence-corrected chi connectivity index (χ0v) is 14.5. The van der Waals surface area contributed by atoms with Crippen molar-refractivity contribution in [1.29, 1.82) is 0 Å². The van der Waals surface area contributed by atoms with Crippen LogP contribution in [0, 0.1) is 0 Å². The maximum absolute atomic E-state index is 6.06. The molecule has 114 valence electrons. The predicted molar refractivity (Wildman–Crippen MR) is 89.9 cm³/mol. The molecule has 1 aromatic carbocycles. The molecule has 0 aliphatic rings. The Bertz CT molecular complexity index is 604. The molecule has 0 saturated heterocycles. The van der Waals surface area contributed by atoms with Gasteiger partial charge in [0.1, 0.15) is 17.4 Å². The summed E-state index contributed by atoms with van der Waals surface area (Å²) in [5.74, 6) is 0.504. The Kier molecular flexibility index (Phi) is 6.58. The van der Waals surface area contributed by atoms with Gasteiger partial charge in [0.15, 0.2) is 0 Å². The molecule has 0 radical (unpaired) electrons. The summed E-state index contributed by atoms with van der Waals surface area (Å²) < 4.78 is 5.65. The standard InChI is InChI=1S/C14H15Cl3N2OS/c1-2-3-18-6-14-19-9(8-21-14)7-20-13-5-11(16)10(15)4-12(13)17/h4-5,8,18H,2-3,6-7H2,1H3. The molecule has 21 heavy (non-hydrogen) atoms. The highest BCUT2D eigenvalue weighted by atomic mass is 35.5. The summed E-state index contributed by atoms with van der Waals surface area (Å²) >= 11 is 19.5. The number of aromatic nitrogens is 1. The maximum atomic E-state index is 6.06. The highest BCUT2D eigenvalue weighted by Crippen LogP contribution is 2.34. The van der Waals surface area contributed by atoms with Gasteiger partial charge in [-0.15, -0.1) is 11.3 Å². The lowest BCUT2D eigenvalue weighted by atomic mass is 10.3. The van der Waals surface area contributed by atoms with Gasteiger partial charge < -0.3 is 10.1 Å². The first-order valence-electron chi connectivity index (χ1n) is 6.51. The van der Waals surface area contributed by atoms with Gasteiger partial charge >= 0.3 is 0 Å². The number of benzene rings is 1. The van der Waals surface area contributed by atoms with Gasteiger partial charge in [-0.2, -0.15) is 0 Å². The van der Waals surface area contributed by atoms with Gasteiger partial charge in [-0.1, -0.05) is 41.7 Å². The molecule has 3 nitrogen and oxygen atoms in total. The van der Waals surface area contributed by atoms with Crippen molar-refractivity contribution >= 4 is 46.1 Å². The van der Waals surface area contributed by atoms with Gasteiger partial charge in [-0.25, -0.2) is 4.98 Å². The third-order valence-electron chi connectivity index (χ3n) is 2.65. The van der Waals surface area contributed by atoms with Crippen LogP contribution in [0.25, 0.3) is 0 Å². The van der Waals surface area contributed by atoms with Gasteiger partial charge in [-0.3, -0.25) is 0 Å². The first-order chi connectivity index (χ1) is 10.1. The lowest BCUT2D eigenvalue weighted by molar-refractivity contribution is 0.302. The largest absolute Gasteiger partial charge is 0.486 e. The molecule has 7 heteroatoms. The lowest BCUT2D eigenvalue weighted by Gasteiger charge is -2.08. The topological polar surface area (TPSA) is 34.2 Å². The fourth-order valence-electron chi connectivity index (χ4n) is 1.64. The van der Waals surface area contributed by atoms with Crippen molar-refractivity contribution in [2.45, 2.75) is 26.5 Å². The molecule has 1 N–H and O–H groups in total. The number of nitrogens with one attached hydrogen (secondary N) is 1. The second kappa shape index (κ2) is 8.20. The van der Waals surface area contributed by atoms with E-state index in [4.69, 9.17) is 39.5 Å². The lowest BCUT2D eigenvalue weighted by Crippen LogP contribution is -2.13. The summed E-state index contributed by atoms with van der Waals surface area (Å²) in [6.45, 7) is 4.26. The third-order valence-corrected chi connectivity index (χ3v) is 4.57. The van der Waals surface area contributed by atoms with Crippen molar-refractivity contribution in [2.24, 2.45) is 0 Å². The molecule has 2 aromatic rings. The van der Waals surface area contributed by atoms with E-state index in [1.165, 1.54) is 0 Å². The van der Waals surface area contributed by atoms with Gasteiger partial charge in [0, 0.05) is 18.0 Å². The highest BCUT2D eigenvalue weighted by molar-refractivity contribution is 7.09. The van der Waals surface area contributed by atoms with Crippen molar-refractivity contribution in [3.8, 4) is 5.75 Å². The fourth-order valence-corrected chi connectivity index (χ4v) is 2.97. The molecule has 0 aliphatic carbocycles. The number of ether oxygens (including phenoxy) is 1. The van der Waals surface area contributed by atoms with Crippen LogP contribution in [0.2, 0.25) is 15.1 Å². The van der Waals surface area contributed by atoms with Crippen molar-refractivity contribution in [1.82, 2.24) is 10.3 Å². The van der Waals surface area contributed by atoms with E-state index in [2.05, 4.69) is 17.2 Å². The van der Waals surface area contributed by atoms with E-state index in [0.29, 0.717) is 27.4 Å². The Morgan fingerprint density at radius 3 is 2.71 bits per heavy atom. The normalized spacial score (nSPS) is 10.9. The SMILES string of the molecule is CCCNCc1nc(COc2cc(Cl)c(Cl)cc2Cl)cs1. The van der Waals surface area contributed by atoms with E-state index in [1.54, 1.807) is 23.5 Å². The van der Waals surface area contributed by atoms with E-state index in [-0.39, 0.29) is 0 Å². The molecule has 0 spiro atoms. The van der Waals surface area contributed by atoms with E-state index in [9.17, 15) is 0 Å². The van der Waals surface area contributed by atoms with Gasteiger partial charge in [-0.05, 0) is 19.0 Å². The summed E-state index contributed by atoms with van der Waals surface area (Å²) in [7, 11) is 0. The molecule has 0 bridgehead atoms. The Hall–Kier alpha value is -0.520. The van der Waals surface area contributed by atoms with E-state index in [0.717, 1.165) is 30.2 Å². The molecule has 0 unspecified atom stereocenters. The summed E-state index contributed by atoms with van der Waals surface area (Å²) in [5.41, 5.74) is 0.871. The van der Waals surface area contributed by atoms with Crippen LogP contribution in [0.3, 0.4) is 0 Å². The molecular weight excluding hydrogens is 351 g/mol. The monoisotopic (exact) mass is 364 g/mol. The Labute approximate surface area is 143 Å². The van der Waals surface area contributed by atoms with Crippen LogP contribution in [-0.4, -0.2) is 11.5 Å². The van der Waals surface area contributed by atoms with Crippen LogP contribution in [0.15, 0.2) is 17.5 Å². The number of hydrogen-bond donors (Lipinski definition) is 1. The van der Waals surface area contributed by atoms with E-state index >= 15 is 0 Å².